The predicted octanol–water partition coefficient (Wildman–Crippen LogP) is 1.76. The third-order valence-electron chi connectivity index (χ3n) is 2.87. The number of halogens is 2. The van der Waals surface area contributed by atoms with E-state index < -0.39 is 0 Å². The second-order valence-corrected chi connectivity index (χ2v) is 4.55. The molecule has 0 spiro atoms. The van der Waals surface area contributed by atoms with Crippen molar-refractivity contribution in [2.24, 2.45) is 0 Å². The molecule has 0 radical (unpaired) electrons. The first-order valence-corrected chi connectivity index (χ1v) is 5.56. The van der Waals surface area contributed by atoms with E-state index in [1.165, 1.54) is 0 Å². The van der Waals surface area contributed by atoms with Gasteiger partial charge in [-0.3, -0.25) is 0 Å². The molecule has 0 saturated carbocycles. The standard InChI is InChI=1S/C9H9Cl2N3O/c10-7-2-12-9(11)13-8(7)14-3-6-1-5(14)4-15-6/h2,5-6H,1,3-4H2. The average molecular weight is 246 g/mol. The Morgan fingerprint density at radius 2 is 2.33 bits per heavy atom. The highest BCUT2D eigenvalue weighted by Gasteiger charge is 2.40. The molecule has 0 aromatic carbocycles. The zero-order valence-corrected chi connectivity index (χ0v) is 9.37. The molecule has 2 atom stereocenters. The number of anilines is 1. The van der Waals surface area contributed by atoms with Crippen molar-refractivity contribution >= 4 is 29.0 Å². The second-order valence-electron chi connectivity index (χ2n) is 3.81. The minimum atomic E-state index is 0.234. The Balaban J connectivity index is 1.96. The van der Waals surface area contributed by atoms with Gasteiger partial charge in [-0.2, -0.15) is 4.98 Å². The summed E-state index contributed by atoms with van der Waals surface area (Å²) in [5.41, 5.74) is 0. The quantitative estimate of drug-likeness (QED) is 0.707. The lowest BCUT2D eigenvalue weighted by atomic mass is 10.2. The fourth-order valence-corrected chi connectivity index (χ4v) is 2.53. The van der Waals surface area contributed by atoms with E-state index >= 15 is 0 Å². The van der Waals surface area contributed by atoms with Crippen LogP contribution in [0.15, 0.2) is 6.20 Å². The number of fused-ring (bicyclic) bond motifs is 2. The van der Waals surface area contributed by atoms with Crippen molar-refractivity contribution in [2.75, 3.05) is 18.1 Å². The van der Waals surface area contributed by atoms with Crippen LogP contribution >= 0.6 is 23.2 Å². The summed E-state index contributed by atoms with van der Waals surface area (Å²) < 4.78 is 5.51. The maximum atomic E-state index is 6.05. The molecular formula is C9H9Cl2N3O. The maximum Gasteiger partial charge on any atom is 0.224 e. The predicted molar refractivity (Wildman–Crippen MR) is 57.5 cm³/mol. The fourth-order valence-electron chi connectivity index (χ4n) is 2.20. The number of aromatic nitrogens is 2. The number of morpholine rings is 1. The molecule has 2 unspecified atom stereocenters. The largest absolute Gasteiger partial charge is 0.374 e. The SMILES string of the molecule is Clc1ncc(Cl)c(N2CC3CC2CO3)n1. The molecule has 1 aromatic heterocycles. The van der Waals surface area contributed by atoms with E-state index in [4.69, 9.17) is 27.9 Å². The Hall–Kier alpha value is -0.580. The van der Waals surface area contributed by atoms with Gasteiger partial charge in [-0.1, -0.05) is 11.6 Å². The molecule has 80 valence electrons. The summed E-state index contributed by atoms with van der Waals surface area (Å²) in [5, 5.41) is 0.782. The Morgan fingerprint density at radius 1 is 1.47 bits per heavy atom. The van der Waals surface area contributed by atoms with Crippen LogP contribution < -0.4 is 4.90 Å². The summed E-state index contributed by atoms with van der Waals surface area (Å²) in [4.78, 5) is 10.2. The van der Waals surface area contributed by atoms with Crippen LogP contribution in [0, 0.1) is 0 Å². The van der Waals surface area contributed by atoms with E-state index in [2.05, 4.69) is 14.9 Å². The van der Waals surface area contributed by atoms with E-state index in [9.17, 15) is 0 Å². The van der Waals surface area contributed by atoms with Gasteiger partial charge in [0.25, 0.3) is 0 Å². The summed E-state index contributed by atoms with van der Waals surface area (Å²) in [6, 6.07) is 0.387. The molecule has 4 nitrogen and oxygen atoms in total. The van der Waals surface area contributed by atoms with E-state index in [0.717, 1.165) is 25.4 Å². The van der Waals surface area contributed by atoms with Gasteiger partial charge < -0.3 is 9.64 Å². The summed E-state index contributed by atoms with van der Waals surface area (Å²) in [6.07, 6.45) is 2.91. The van der Waals surface area contributed by atoms with E-state index in [1.54, 1.807) is 6.20 Å². The lowest BCUT2D eigenvalue weighted by Gasteiger charge is -2.28. The lowest BCUT2D eigenvalue weighted by Crippen LogP contribution is -2.37. The van der Waals surface area contributed by atoms with Crippen molar-refractivity contribution < 1.29 is 4.74 Å². The van der Waals surface area contributed by atoms with Crippen LogP contribution in [0.2, 0.25) is 10.3 Å². The first-order chi connectivity index (χ1) is 7.24. The van der Waals surface area contributed by atoms with Crippen LogP contribution in [0.3, 0.4) is 0 Å². The molecule has 2 saturated heterocycles. The van der Waals surface area contributed by atoms with Crippen LogP contribution in [0.5, 0.6) is 0 Å². The summed E-state index contributed by atoms with van der Waals surface area (Å²) in [5.74, 6) is 0.729. The molecule has 2 aliphatic heterocycles. The number of rotatable bonds is 1. The second kappa shape index (κ2) is 3.47. The van der Waals surface area contributed by atoms with Crippen molar-refractivity contribution in [2.45, 2.75) is 18.6 Å². The molecule has 1 aromatic rings. The van der Waals surface area contributed by atoms with Crippen molar-refractivity contribution in [3.8, 4) is 0 Å². The highest BCUT2D eigenvalue weighted by Crippen LogP contribution is 2.35. The number of nitrogens with zero attached hydrogens (tertiary/aromatic N) is 3. The van der Waals surface area contributed by atoms with Crippen molar-refractivity contribution in [3.63, 3.8) is 0 Å². The van der Waals surface area contributed by atoms with Crippen molar-refractivity contribution in [1.82, 2.24) is 9.97 Å². The van der Waals surface area contributed by atoms with Gasteiger partial charge >= 0.3 is 0 Å². The van der Waals surface area contributed by atoms with Gasteiger partial charge in [0.05, 0.1) is 24.9 Å². The normalized spacial score (nSPS) is 28.8. The minimum absolute atomic E-state index is 0.234. The maximum absolute atomic E-state index is 6.05. The number of hydrogen-bond acceptors (Lipinski definition) is 4. The van der Waals surface area contributed by atoms with Gasteiger partial charge in [0, 0.05) is 6.54 Å². The zero-order valence-electron chi connectivity index (χ0n) is 7.86. The van der Waals surface area contributed by atoms with Gasteiger partial charge in [0.15, 0.2) is 5.82 Å². The summed E-state index contributed by atoms with van der Waals surface area (Å²) in [7, 11) is 0. The molecule has 0 aliphatic carbocycles. The van der Waals surface area contributed by atoms with Gasteiger partial charge in [-0.15, -0.1) is 0 Å². The molecule has 2 bridgehead atoms. The van der Waals surface area contributed by atoms with Crippen LogP contribution in [0.1, 0.15) is 6.42 Å². The molecule has 2 aliphatic rings. The number of hydrogen-bond donors (Lipinski definition) is 0. The molecule has 15 heavy (non-hydrogen) atoms. The van der Waals surface area contributed by atoms with Gasteiger partial charge in [0.2, 0.25) is 5.28 Å². The lowest BCUT2D eigenvalue weighted by molar-refractivity contribution is 0.0989. The first kappa shape index (κ1) is 9.63. The van der Waals surface area contributed by atoms with Gasteiger partial charge in [-0.25, -0.2) is 4.98 Å². The first-order valence-electron chi connectivity index (χ1n) is 4.80. The minimum Gasteiger partial charge on any atom is -0.374 e. The third-order valence-corrected chi connectivity index (χ3v) is 3.32. The van der Waals surface area contributed by atoms with E-state index in [0.29, 0.717) is 17.2 Å². The fraction of sp³-hybridized carbons (Fsp3) is 0.556. The summed E-state index contributed by atoms with van der Waals surface area (Å²) >= 11 is 11.8. The average Bonchev–Trinajstić information content (AvgIpc) is 2.83. The van der Waals surface area contributed by atoms with Crippen molar-refractivity contribution in [1.29, 1.82) is 0 Å². The molecule has 3 heterocycles. The van der Waals surface area contributed by atoms with Crippen LogP contribution in [0.25, 0.3) is 0 Å². The van der Waals surface area contributed by atoms with Crippen molar-refractivity contribution in [3.05, 3.63) is 16.5 Å². The number of ether oxygens (including phenoxy) is 1. The third kappa shape index (κ3) is 1.57. The highest BCUT2D eigenvalue weighted by atomic mass is 35.5. The zero-order chi connectivity index (χ0) is 10.4. The van der Waals surface area contributed by atoms with E-state index in [1.807, 2.05) is 0 Å². The highest BCUT2D eigenvalue weighted by molar-refractivity contribution is 6.33. The van der Waals surface area contributed by atoms with Gasteiger partial charge in [-0.05, 0) is 18.0 Å². The Kier molecular flexibility index (Phi) is 2.23. The molecule has 6 heteroatoms. The van der Waals surface area contributed by atoms with Crippen LogP contribution in [-0.2, 0) is 4.74 Å². The topological polar surface area (TPSA) is 38.2 Å². The van der Waals surface area contributed by atoms with Gasteiger partial charge in [0.1, 0.15) is 5.02 Å². The Bertz CT molecular complexity index is 401. The smallest absolute Gasteiger partial charge is 0.224 e. The molecular weight excluding hydrogens is 237 g/mol. The molecule has 0 N–H and O–H groups in total. The van der Waals surface area contributed by atoms with Crippen LogP contribution in [0.4, 0.5) is 5.82 Å². The Morgan fingerprint density at radius 3 is 3.00 bits per heavy atom. The molecule has 0 amide bonds. The van der Waals surface area contributed by atoms with Crippen LogP contribution in [-0.4, -0.2) is 35.3 Å². The Labute approximate surface area is 97.2 Å². The molecule has 3 rings (SSSR count). The monoisotopic (exact) mass is 245 g/mol. The molecule has 2 fully saturated rings. The van der Waals surface area contributed by atoms with E-state index in [-0.39, 0.29) is 5.28 Å². The summed E-state index contributed by atoms with van der Waals surface area (Å²) in [6.45, 7) is 1.60.